The predicted molar refractivity (Wildman–Crippen MR) is 132 cm³/mol. The van der Waals surface area contributed by atoms with Gasteiger partial charge in [0, 0.05) is 29.9 Å². The monoisotopic (exact) mass is 480 g/mol. The van der Waals surface area contributed by atoms with Crippen LogP contribution < -0.4 is 5.32 Å². The van der Waals surface area contributed by atoms with Crippen LogP contribution in [0.2, 0.25) is 0 Å². The lowest BCUT2D eigenvalue weighted by Gasteiger charge is -2.13. The van der Waals surface area contributed by atoms with Gasteiger partial charge in [0.1, 0.15) is 0 Å². The van der Waals surface area contributed by atoms with Crippen molar-refractivity contribution in [3.05, 3.63) is 89.8 Å². The Hall–Kier alpha value is -4.73. The van der Waals surface area contributed by atoms with Crippen LogP contribution in [0, 0.1) is 6.92 Å². The van der Waals surface area contributed by atoms with Gasteiger partial charge in [0.15, 0.2) is 11.6 Å². The highest BCUT2D eigenvalue weighted by atomic mass is 16.5. The Kier molecular flexibility index (Phi) is 6.31. The molecule has 0 saturated heterocycles. The third-order valence-corrected chi connectivity index (χ3v) is 5.76. The average molecular weight is 481 g/mol. The first-order chi connectivity index (χ1) is 17.5. The zero-order valence-electron chi connectivity index (χ0n) is 20.1. The van der Waals surface area contributed by atoms with Gasteiger partial charge in [-0.2, -0.15) is 9.67 Å². The number of pyridine rings is 1. The zero-order valence-corrected chi connectivity index (χ0v) is 20.1. The van der Waals surface area contributed by atoms with E-state index in [-0.39, 0.29) is 5.91 Å². The minimum Gasteiger partial charge on any atom is -0.342 e. The molecule has 10 heteroatoms. The van der Waals surface area contributed by atoms with Crippen LogP contribution in [0.3, 0.4) is 0 Å². The zero-order chi connectivity index (χ0) is 25.1. The molecule has 3 aromatic heterocycles. The first-order valence-corrected chi connectivity index (χ1v) is 11.6. The van der Waals surface area contributed by atoms with Crippen molar-refractivity contribution >= 4 is 5.91 Å². The van der Waals surface area contributed by atoms with E-state index in [9.17, 15) is 4.79 Å². The molecular formula is C26H24N8O2. The quantitative estimate of drug-likeness (QED) is 0.369. The minimum absolute atomic E-state index is 0.279. The Morgan fingerprint density at radius 3 is 2.56 bits per heavy atom. The Morgan fingerprint density at radius 2 is 1.81 bits per heavy atom. The summed E-state index contributed by atoms with van der Waals surface area (Å²) in [7, 11) is 0. The highest BCUT2D eigenvalue weighted by Crippen LogP contribution is 2.26. The van der Waals surface area contributed by atoms with Gasteiger partial charge in [0.05, 0.1) is 11.7 Å². The van der Waals surface area contributed by atoms with Gasteiger partial charge in [-0.3, -0.25) is 9.78 Å². The largest absolute Gasteiger partial charge is 0.342 e. The minimum atomic E-state index is -0.484. The standard InChI is InChI=1S/C26H24N8O2/c1-4-23-30-32-33-34(23)22-14-20(18-7-5-16(2)6-8-18)13-21(15-22)25(35)28-17(3)24-29-26(36-31-24)19-9-11-27-12-10-19/h5-15,17H,4H2,1-3H3,(H,28,35). The van der Waals surface area contributed by atoms with Crippen LogP contribution in [-0.4, -0.2) is 41.2 Å². The smallest absolute Gasteiger partial charge is 0.258 e. The molecule has 0 aliphatic heterocycles. The van der Waals surface area contributed by atoms with Crippen LogP contribution in [0.5, 0.6) is 0 Å². The average Bonchev–Trinajstić information content (AvgIpc) is 3.59. The number of rotatable bonds is 7. The van der Waals surface area contributed by atoms with Crippen LogP contribution in [-0.2, 0) is 6.42 Å². The van der Waals surface area contributed by atoms with E-state index in [1.54, 1.807) is 42.2 Å². The number of tetrazole rings is 1. The van der Waals surface area contributed by atoms with Gasteiger partial charge in [-0.25, -0.2) is 0 Å². The molecule has 0 saturated carbocycles. The molecule has 1 atom stereocenters. The van der Waals surface area contributed by atoms with E-state index in [0.29, 0.717) is 35.2 Å². The Bertz CT molecular complexity index is 1490. The van der Waals surface area contributed by atoms with Crippen molar-refractivity contribution in [2.24, 2.45) is 0 Å². The molecule has 180 valence electrons. The number of benzene rings is 2. The van der Waals surface area contributed by atoms with E-state index in [2.05, 4.69) is 36.0 Å². The van der Waals surface area contributed by atoms with E-state index in [1.807, 2.05) is 50.2 Å². The van der Waals surface area contributed by atoms with Gasteiger partial charge in [-0.15, -0.1) is 5.10 Å². The lowest BCUT2D eigenvalue weighted by Crippen LogP contribution is -2.27. The van der Waals surface area contributed by atoms with Crippen molar-refractivity contribution in [2.45, 2.75) is 33.2 Å². The first-order valence-electron chi connectivity index (χ1n) is 11.6. The number of aryl methyl sites for hydroxylation is 2. The van der Waals surface area contributed by atoms with E-state index in [0.717, 1.165) is 22.3 Å². The topological polar surface area (TPSA) is 125 Å². The summed E-state index contributed by atoms with van der Waals surface area (Å²) in [4.78, 5) is 21.8. The molecule has 0 bridgehead atoms. The second-order valence-electron chi connectivity index (χ2n) is 8.38. The number of hydrogen-bond donors (Lipinski definition) is 1. The third-order valence-electron chi connectivity index (χ3n) is 5.76. The molecule has 0 aliphatic rings. The number of amides is 1. The molecule has 1 N–H and O–H groups in total. The predicted octanol–water partition coefficient (Wildman–Crippen LogP) is 4.14. The fraction of sp³-hybridized carbons (Fsp3) is 0.192. The summed E-state index contributed by atoms with van der Waals surface area (Å²) in [5, 5.41) is 19.0. The summed E-state index contributed by atoms with van der Waals surface area (Å²) >= 11 is 0. The van der Waals surface area contributed by atoms with Gasteiger partial charge in [0.25, 0.3) is 11.8 Å². The molecule has 0 spiro atoms. The Morgan fingerprint density at radius 1 is 1.03 bits per heavy atom. The molecule has 10 nitrogen and oxygen atoms in total. The molecule has 1 amide bonds. The molecule has 0 fully saturated rings. The lowest BCUT2D eigenvalue weighted by molar-refractivity contribution is 0.0938. The molecule has 5 aromatic rings. The van der Waals surface area contributed by atoms with Crippen LogP contribution in [0.4, 0.5) is 0 Å². The van der Waals surface area contributed by atoms with Gasteiger partial charge in [0.2, 0.25) is 0 Å². The van der Waals surface area contributed by atoms with Crippen molar-refractivity contribution in [1.29, 1.82) is 0 Å². The van der Waals surface area contributed by atoms with Crippen molar-refractivity contribution in [1.82, 2.24) is 40.6 Å². The number of carbonyl (C=O) groups excluding carboxylic acids is 1. The number of aromatic nitrogens is 7. The highest BCUT2D eigenvalue weighted by Gasteiger charge is 2.20. The second-order valence-corrected chi connectivity index (χ2v) is 8.38. The molecule has 2 aromatic carbocycles. The van der Waals surface area contributed by atoms with Crippen LogP contribution in [0.1, 0.15) is 47.5 Å². The number of hydrogen-bond acceptors (Lipinski definition) is 8. The van der Waals surface area contributed by atoms with Crippen molar-refractivity contribution in [2.75, 3.05) is 0 Å². The fourth-order valence-corrected chi connectivity index (χ4v) is 3.77. The summed E-state index contributed by atoms with van der Waals surface area (Å²) in [6.07, 6.45) is 3.95. The van der Waals surface area contributed by atoms with E-state index in [4.69, 9.17) is 4.52 Å². The summed E-state index contributed by atoms with van der Waals surface area (Å²) < 4.78 is 7.02. The molecule has 5 rings (SSSR count). The van der Waals surface area contributed by atoms with Crippen LogP contribution in [0.15, 0.2) is 71.5 Å². The van der Waals surface area contributed by atoms with Crippen molar-refractivity contribution in [3.8, 4) is 28.3 Å². The third kappa shape index (κ3) is 4.74. The van der Waals surface area contributed by atoms with Gasteiger partial charge < -0.3 is 9.84 Å². The summed E-state index contributed by atoms with van der Waals surface area (Å²) in [5.74, 6) is 1.16. The molecule has 36 heavy (non-hydrogen) atoms. The number of nitrogens with one attached hydrogen (secondary N) is 1. The Balaban J connectivity index is 1.46. The van der Waals surface area contributed by atoms with E-state index >= 15 is 0 Å². The molecule has 0 radical (unpaired) electrons. The van der Waals surface area contributed by atoms with Gasteiger partial charge in [-0.05, 0) is 65.7 Å². The summed E-state index contributed by atoms with van der Waals surface area (Å²) in [6, 6.07) is 16.8. The maximum Gasteiger partial charge on any atom is 0.258 e. The lowest BCUT2D eigenvalue weighted by atomic mass is 10.0. The fourth-order valence-electron chi connectivity index (χ4n) is 3.77. The van der Waals surface area contributed by atoms with E-state index in [1.165, 1.54) is 0 Å². The summed E-state index contributed by atoms with van der Waals surface area (Å²) in [6.45, 7) is 5.82. The van der Waals surface area contributed by atoms with Crippen LogP contribution in [0.25, 0.3) is 28.3 Å². The molecule has 0 aliphatic carbocycles. The number of nitrogens with zero attached hydrogens (tertiary/aromatic N) is 7. The van der Waals surface area contributed by atoms with Crippen LogP contribution >= 0.6 is 0 Å². The summed E-state index contributed by atoms with van der Waals surface area (Å²) in [5.41, 5.74) is 4.93. The number of carbonyl (C=O) groups is 1. The second kappa shape index (κ2) is 9.87. The Labute approximate surface area is 207 Å². The van der Waals surface area contributed by atoms with E-state index < -0.39 is 6.04 Å². The molecule has 3 heterocycles. The van der Waals surface area contributed by atoms with Crippen molar-refractivity contribution in [3.63, 3.8) is 0 Å². The van der Waals surface area contributed by atoms with Gasteiger partial charge >= 0.3 is 0 Å². The maximum absolute atomic E-state index is 13.4. The SMILES string of the molecule is CCc1nnnn1-c1cc(C(=O)NC(C)c2noc(-c3ccncc3)n2)cc(-c2ccc(C)cc2)c1. The first kappa shape index (κ1) is 23.0. The van der Waals surface area contributed by atoms with Gasteiger partial charge in [-0.1, -0.05) is 41.9 Å². The van der Waals surface area contributed by atoms with Crippen molar-refractivity contribution < 1.29 is 9.32 Å². The maximum atomic E-state index is 13.4. The highest BCUT2D eigenvalue weighted by molar-refractivity contribution is 5.96. The molecular weight excluding hydrogens is 456 g/mol. The normalized spacial score (nSPS) is 11.9. The molecule has 1 unspecified atom stereocenters.